The maximum absolute atomic E-state index is 12.8. The van der Waals surface area contributed by atoms with E-state index in [-0.39, 0.29) is 22.4 Å². The highest BCUT2D eigenvalue weighted by Crippen LogP contribution is 2.27. The molecule has 0 radical (unpaired) electrons. The smallest absolute Gasteiger partial charge is 0.183 e. The Bertz CT molecular complexity index is 729. The first-order valence-corrected chi connectivity index (χ1v) is 10.9. The highest BCUT2D eigenvalue weighted by molar-refractivity contribution is 7.96. The molecule has 1 aliphatic rings. The molecular formula is C14H20ClNO4S2. The van der Waals surface area contributed by atoms with Gasteiger partial charge in [0.2, 0.25) is 0 Å². The van der Waals surface area contributed by atoms with E-state index in [0.29, 0.717) is 5.02 Å². The van der Waals surface area contributed by atoms with Gasteiger partial charge in [0.25, 0.3) is 0 Å². The quantitative estimate of drug-likeness (QED) is 0.858. The van der Waals surface area contributed by atoms with Crippen molar-refractivity contribution in [3.8, 4) is 0 Å². The van der Waals surface area contributed by atoms with Gasteiger partial charge in [0.05, 0.1) is 21.7 Å². The third-order valence-electron chi connectivity index (χ3n) is 3.95. The Hall–Kier alpha value is -0.630. The molecule has 1 aliphatic heterocycles. The third-order valence-corrected chi connectivity index (χ3v) is 8.37. The van der Waals surface area contributed by atoms with Gasteiger partial charge in [0.15, 0.2) is 19.7 Å². The summed E-state index contributed by atoms with van der Waals surface area (Å²) in [6, 6.07) is 5.30. The molecule has 0 spiro atoms. The molecule has 0 aliphatic carbocycles. The fraction of sp³-hybridized carbons (Fsp3) is 0.571. The summed E-state index contributed by atoms with van der Waals surface area (Å²) in [5.74, 6) is -0.485. The number of rotatable bonds is 5. The Kier molecular flexibility index (Phi) is 5.21. The Morgan fingerprint density at radius 1 is 1.27 bits per heavy atom. The van der Waals surface area contributed by atoms with Crippen LogP contribution < -0.4 is 5.32 Å². The van der Waals surface area contributed by atoms with Crippen molar-refractivity contribution in [1.82, 2.24) is 5.32 Å². The molecule has 0 saturated carbocycles. The highest BCUT2D eigenvalue weighted by atomic mass is 35.5. The van der Waals surface area contributed by atoms with Crippen molar-refractivity contribution in [3.05, 3.63) is 29.3 Å². The van der Waals surface area contributed by atoms with Gasteiger partial charge in [-0.2, -0.15) is 0 Å². The summed E-state index contributed by atoms with van der Waals surface area (Å²) < 4.78 is 49.4. The monoisotopic (exact) mass is 365 g/mol. The van der Waals surface area contributed by atoms with E-state index in [1.165, 1.54) is 24.3 Å². The van der Waals surface area contributed by atoms with Gasteiger partial charge in [0.1, 0.15) is 0 Å². The molecule has 1 fully saturated rings. The first kappa shape index (κ1) is 17.7. The minimum absolute atomic E-state index is 0.0567. The molecule has 1 N–H and O–H groups in total. The van der Waals surface area contributed by atoms with E-state index in [9.17, 15) is 16.8 Å². The predicted octanol–water partition coefficient (Wildman–Crippen LogP) is 1.67. The van der Waals surface area contributed by atoms with E-state index in [0.717, 1.165) is 6.42 Å². The maximum Gasteiger partial charge on any atom is 0.183 e. The van der Waals surface area contributed by atoms with E-state index in [4.69, 9.17) is 11.6 Å². The molecule has 1 heterocycles. The Morgan fingerprint density at radius 3 is 2.41 bits per heavy atom. The summed E-state index contributed by atoms with van der Waals surface area (Å²) in [5.41, 5.74) is 0. The van der Waals surface area contributed by atoms with Crippen LogP contribution in [-0.2, 0) is 19.7 Å². The summed E-state index contributed by atoms with van der Waals surface area (Å²) >= 11 is 5.78. The lowest BCUT2D eigenvalue weighted by Gasteiger charge is -2.23. The Balaban J connectivity index is 2.36. The lowest BCUT2D eigenvalue weighted by molar-refractivity contribution is 0.456. The maximum atomic E-state index is 12.8. The van der Waals surface area contributed by atoms with Crippen LogP contribution in [-0.4, -0.2) is 45.7 Å². The number of nitrogens with one attached hydrogen (secondary N) is 1. The van der Waals surface area contributed by atoms with E-state index in [1.54, 1.807) is 0 Å². The second-order valence-corrected chi connectivity index (χ2v) is 10.5. The van der Waals surface area contributed by atoms with Gasteiger partial charge in [-0.1, -0.05) is 18.5 Å². The summed E-state index contributed by atoms with van der Waals surface area (Å²) in [4.78, 5) is 0.106. The van der Waals surface area contributed by atoms with Crippen LogP contribution in [0.3, 0.4) is 0 Å². The summed E-state index contributed by atoms with van der Waals surface area (Å²) in [6.45, 7) is 3.88. The zero-order valence-corrected chi connectivity index (χ0v) is 14.9. The second kappa shape index (κ2) is 6.47. The Labute approximate surface area is 136 Å². The van der Waals surface area contributed by atoms with Crippen molar-refractivity contribution >= 4 is 31.3 Å². The molecule has 1 saturated heterocycles. The van der Waals surface area contributed by atoms with Gasteiger partial charge in [-0.3, -0.25) is 0 Å². The molecule has 124 valence electrons. The molecular weight excluding hydrogens is 346 g/mol. The molecule has 1 aromatic carbocycles. The molecule has 0 aromatic heterocycles. The zero-order chi connectivity index (χ0) is 16.5. The Morgan fingerprint density at radius 2 is 1.86 bits per heavy atom. The lowest BCUT2D eigenvalue weighted by atomic mass is 10.2. The first-order valence-electron chi connectivity index (χ1n) is 7.11. The number of benzene rings is 1. The van der Waals surface area contributed by atoms with Crippen molar-refractivity contribution in [2.45, 2.75) is 42.5 Å². The van der Waals surface area contributed by atoms with Gasteiger partial charge in [-0.15, -0.1) is 0 Å². The molecule has 5 nitrogen and oxygen atoms in total. The first-order chi connectivity index (χ1) is 10.2. The van der Waals surface area contributed by atoms with Crippen LogP contribution in [0.4, 0.5) is 0 Å². The summed E-state index contributed by atoms with van der Waals surface area (Å²) in [5, 5.41) is 2.61. The largest absolute Gasteiger partial charge is 0.309 e. The predicted molar refractivity (Wildman–Crippen MR) is 87.8 cm³/mol. The fourth-order valence-corrected chi connectivity index (χ4v) is 7.36. The average molecular weight is 366 g/mol. The molecule has 2 rings (SSSR count). The standard InChI is InChI=1S/C14H20ClNO4S2/c1-3-10(2)16-13-8-21(17,18)9-14(13)22(19,20)12-6-4-11(15)5-7-12/h4-7,10,13-14,16H,3,8-9H2,1-2H3/t10?,13-,14-/m0/s1. The van der Waals surface area contributed by atoms with Gasteiger partial charge < -0.3 is 5.32 Å². The molecule has 8 heteroatoms. The molecule has 22 heavy (non-hydrogen) atoms. The van der Waals surface area contributed by atoms with Crippen LogP contribution in [0.5, 0.6) is 0 Å². The lowest BCUT2D eigenvalue weighted by Crippen LogP contribution is -2.46. The van der Waals surface area contributed by atoms with Crippen LogP contribution in [0.15, 0.2) is 29.2 Å². The number of hydrogen-bond donors (Lipinski definition) is 1. The number of sulfone groups is 2. The third kappa shape index (κ3) is 3.82. The van der Waals surface area contributed by atoms with E-state index < -0.39 is 31.0 Å². The molecule has 1 aromatic rings. The minimum Gasteiger partial charge on any atom is -0.309 e. The average Bonchev–Trinajstić information content (AvgIpc) is 2.74. The normalized spacial score (nSPS) is 26.0. The van der Waals surface area contributed by atoms with E-state index in [2.05, 4.69) is 5.32 Å². The SMILES string of the molecule is CCC(C)N[C@H]1CS(=O)(=O)C[C@@H]1S(=O)(=O)c1ccc(Cl)cc1. The van der Waals surface area contributed by atoms with E-state index in [1.807, 2.05) is 13.8 Å². The highest BCUT2D eigenvalue weighted by Gasteiger charge is 2.45. The van der Waals surface area contributed by atoms with Crippen LogP contribution in [0.25, 0.3) is 0 Å². The van der Waals surface area contributed by atoms with Crippen LogP contribution in [0, 0.1) is 0 Å². The van der Waals surface area contributed by atoms with Crippen molar-refractivity contribution < 1.29 is 16.8 Å². The van der Waals surface area contributed by atoms with Crippen LogP contribution in [0.1, 0.15) is 20.3 Å². The van der Waals surface area contributed by atoms with Gasteiger partial charge >= 0.3 is 0 Å². The second-order valence-electron chi connectivity index (χ2n) is 5.70. The van der Waals surface area contributed by atoms with Crippen LogP contribution in [0.2, 0.25) is 5.02 Å². The van der Waals surface area contributed by atoms with Crippen LogP contribution >= 0.6 is 11.6 Å². The number of halogens is 1. The molecule has 0 amide bonds. The van der Waals surface area contributed by atoms with Crippen molar-refractivity contribution in [2.24, 2.45) is 0 Å². The van der Waals surface area contributed by atoms with E-state index >= 15 is 0 Å². The topological polar surface area (TPSA) is 80.3 Å². The van der Waals surface area contributed by atoms with Gasteiger partial charge in [0, 0.05) is 17.1 Å². The number of hydrogen-bond acceptors (Lipinski definition) is 5. The zero-order valence-electron chi connectivity index (χ0n) is 12.5. The molecule has 1 unspecified atom stereocenters. The fourth-order valence-electron chi connectivity index (χ4n) is 2.56. The van der Waals surface area contributed by atoms with Crippen molar-refractivity contribution in [1.29, 1.82) is 0 Å². The van der Waals surface area contributed by atoms with Gasteiger partial charge in [-0.25, -0.2) is 16.8 Å². The molecule has 3 atom stereocenters. The minimum atomic E-state index is -3.73. The summed E-state index contributed by atoms with van der Waals surface area (Å²) in [7, 11) is -7.10. The summed E-state index contributed by atoms with van der Waals surface area (Å²) in [6.07, 6.45) is 0.796. The van der Waals surface area contributed by atoms with Crippen molar-refractivity contribution in [3.63, 3.8) is 0 Å². The van der Waals surface area contributed by atoms with Crippen molar-refractivity contribution in [2.75, 3.05) is 11.5 Å². The van der Waals surface area contributed by atoms with Gasteiger partial charge in [-0.05, 0) is 37.6 Å². The molecule has 0 bridgehead atoms.